The highest BCUT2D eigenvalue weighted by Crippen LogP contribution is 2.28. The van der Waals surface area contributed by atoms with Crippen LogP contribution in [0.5, 0.6) is 0 Å². The number of aromatic nitrogens is 1. The quantitative estimate of drug-likeness (QED) is 0.628. The number of benzene rings is 2. The van der Waals surface area contributed by atoms with E-state index in [0.717, 1.165) is 5.56 Å². The predicted molar refractivity (Wildman–Crippen MR) is 84.6 cm³/mol. The molecule has 0 aliphatic heterocycles. The van der Waals surface area contributed by atoms with Crippen LogP contribution in [0.4, 0.5) is 0 Å². The molecule has 0 amide bonds. The van der Waals surface area contributed by atoms with E-state index in [0.29, 0.717) is 0 Å². The second kappa shape index (κ2) is 5.30. The molecular formula is C19H17N. The standard InChI is InChI=1S/C19H17N/c1-14-5-3-6-16(9-14)18-10-15(2)11-19(12-18)17-7-4-8-20-13-17/h3-13H,1-2H3. The van der Waals surface area contributed by atoms with Crippen molar-refractivity contribution in [1.29, 1.82) is 0 Å². The van der Waals surface area contributed by atoms with Gasteiger partial charge in [-0.2, -0.15) is 0 Å². The van der Waals surface area contributed by atoms with Crippen molar-refractivity contribution in [2.45, 2.75) is 13.8 Å². The van der Waals surface area contributed by atoms with Crippen molar-refractivity contribution in [2.75, 3.05) is 0 Å². The zero-order chi connectivity index (χ0) is 13.9. The predicted octanol–water partition coefficient (Wildman–Crippen LogP) is 5.03. The number of rotatable bonds is 2. The minimum absolute atomic E-state index is 1.16. The molecule has 0 aliphatic rings. The van der Waals surface area contributed by atoms with E-state index in [1.54, 1.807) is 6.20 Å². The normalized spacial score (nSPS) is 10.5. The van der Waals surface area contributed by atoms with E-state index >= 15 is 0 Å². The first-order valence-corrected chi connectivity index (χ1v) is 6.81. The fourth-order valence-corrected chi connectivity index (χ4v) is 2.47. The summed E-state index contributed by atoms with van der Waals surface area (Å²) in [5, 5.41) is 0. The van der Waals surface area contributed by atoms with E-state index in [1.165, 1.54) is 27.8 Å². The third kappa shape index (κ3) is 2.62. The van der Waals surface area contributed by atoms with Gasteiger partial charge in [-0.05, 0) is 48.2 Å². The maximum absolute atomic E-state index is 4.21. The van der Waals surface area contributed by atoms with Crippen molar-refractivity contribution in [3.8, 4) is 22.3 Å². The third-order valence-corrected chi connectivity index (χ3v) is 3.42. The molecule has 1 heterocycles. The second-order valence-corrected chi connectivity index (χ2v) is 5.20. The van der Waals surface area contributed by atoms with Crippen molar-refractivity contribution < 1.29 is 0 Å². The molecule has 1 heteroatoms. The van der Waals surface area contributed by atoms with Gasteiger partial charge in [0.05, 0.1) is 0 Å². The van der Waals surface area contributed by atoms with Crippen LogP contribution >= 0.6 is 0 Å². The summed E-state index contributed by atoms with van der Waals surface area (Å²) < 4.78 is 0. The molecule has 1 aromatic heterocycles. The number of aryl methyl sites for hydroxylation is 2. The van der Waals surface area contributed by atoms with Gasteiger partial charge in [0.25, 0.3) is 0 Å². The molecule has 0 bridgehead atoms. The van der Waals surface area contributed by atoms with Gasteiger partial charge < -0.3 is 0 Å². The van der Waals surface area contributed by atoms with Crippen LogP contribution in [0.15, 0.2) is 67.0 Å². The average molecular weight is 259 g/mol. The van der Waals surface area contributed by atoms with Gasteiger partial charge >= 0.3 is 0 Å². The van der Waals surface area contributed by atoms with Gasteiger partial charge in [-0.1, -0.05) is 48.0 Å². The number of hydrogen-bond acceptors (Lipinski definition) is 1. The molecule has 0 N–H and O–H groups in total. The number of pyridine rings is 1. The molecule has 1 nitrogen and oxygen atoms in total. The van der Waals surface area contributed by atoms with Gasteiger partial charge in [-0.25, -0.2) is 0 Å². The fourth-order valence-electron chi connectivity index (χ4n) is 2.47. The van der Waals surface area contributed by atoms with Crippen molar-refractivity contribution in [3.05, 3.63) is 78.1 Å². The Morgan fingerprint density at radius 2 is 1.35 bits per heavy atom. The Kier molecular flexibility index (Phi) is 3.34. The van der Waals surface area contributed by atoms with Gasteiger partial charge in [0.2, 0.25) is 0 Å². The van der Waals surface area contributed by atoms with Gasteiger partial charge in [0, 0.05) is 18.0 Å². The van der Waals surface area contributed by atoms with Crippen LogP contribution in [0.25, 0.3) is 22.3 Å². The van der Waals surface area contributed by atoms with Crippen LogP contribution in [0.1, 0.15) is 11.1 Å². The van der Waals surface area contributed by atoms with Crippen LogP contribution in [0.3, 0.4) is 0 Å². The zero-order valence-corrected chi connectivity index (χ0v) is 11.8. The Balaban J connectivity index is 2.12. The lowest BCUT2D eigenvalue weighted by atomic mass is 9.96. The highest BCUT2D eigenvalue weighted by atomic mass is 14.6. The summed E-state index contributed by atoms with van der Waals surface area (Å²) >= 11 is 0. The SMILES string of the molecule is Cc1cccc(-c2cc(C)cc(-c3cccnc3)c2)c1. The zero-order valence-electron chi connectivity index (χ0n) is 11.8. The number of hydrogen-bond donors (Lipinski definition) is 0. The maximum Gasteiger partial charge on any atom is 0.0346 e. The molecule has 0 spiro atoms. The highest BCUT2D eigenvalue weighted by Gasteiger charge is 2.04. The van der Waals surface area contributed by atoms with Crippen molar-refractivity contribution in [3.63, 3.8) is 0 Å². The molecule has 0 radical (unpaired) electrons. The van der Waals surface area contributed by atoms with Crippen LogP contribution in [0, 0.1) is 13.8 Å². The summed E-state index contributed by atoms with van der Waals surface area (Å²) in [6.45, 7) is 4.26. The van der Waals surface area contributed by atoms with E-state index < -0.39 is 0 Å². The molecule has 3 rings (SSSR count). The van der Waals surface area contributed by atoms with Gasteiger partial charge in [-0.15, -0.1) is 0 Å². The smallest absolute Gasteiger partial charge is 0.0346 e. The molecule has 20 heavy (non-hydrogen) atoms. The molecule has 3 aromatic rings. The van der Waals surface area contributed by atoms with Crippen LogP contribution < -0.4 is 0 Å². The second-order valence-electron chi connectivity index (χ2n) is 5.20. The lowest BCUT2D eigenvalue weighted by Gasteiger charge is -2.09. The Bertz CT molecular complexity index is 730. The molecule has 0 saturated heterocycles. The minimum atomic E-state index is 1.16. The summed E-state index contributed by atoms with van der Waals surface area (Å²) in [5.74, 6) is 0. The van der Waals surface area contributed by atoms with Gasteiger partial charge in [-0.3, -0.25) is 4.98 Å². The lowest BCUT2D eigenvalue weighted by Crippen LogP contribution is -1.85. The van der Waals surface area contributed by atoms with Gasteiger partial charge in [0.1, 0.15) is 0 Å². The molecular weight excluding hydrogens is 242 g/mol. The molecule has 98 valence electrons. The summed E-state index contributed by atoms with van der Waals surface area (Å²) in [4.78, 5) is 4.21. The summed E-state index contributed by atoms with van der Waals surface area (Å²) in [6.07, 6.45) is 3.72. The lowest BCUT2D eigenvalue weighted by molar-refractivity contribution is 1.33. The first-order valence-electron chi connectivity index (χ1n) is 6.81. The van der Waals surface area contributed by atoms with E-state index in [1.807, 2.05) is 12.3 Å². The first-order chi connectivity index (χ1) is 9.72. The first kappa shape index (κ1) is 12.6. The largest absolute Gasteiger partial charge is 0.264 e. The Labute approximate surface area is 119 Å². The molecule has 0 aliphatic carbocycles. The maximum atomic E-state index is 4.21. The van der Waals surface area contributed by atoms with Crippen molar-refractivity contribution >= 4 is 0 Å². The minimum Gasteiger partial charge on any atom is -0.264 e. The molecule has 0 fully saturated rings. The summed E-state index contributed by atoms with van der Waals surface area (Å²) in [7, 11) is 0. The van der Waals surface area contributed by atoms with E-state index in [4.69, 9.17) is 0 Å². The van der Waals surface area contributed by atoms with Crippen molar-refractivity contribution in [1.82, 2.24) is 4.98 Å². The van der Waals surface area contributed by atoms with E-state index in [-0.39, 0.29) is 0 Å². The molecule has 0 saturated carbocycles. The van der Waals surface area contributed by atoms with Crippen LogP contribution in [-0.2, 0) is 0 Å². The van der Waals surface area contributed by atoms with Crippen molar-refractivity contribution in [2.24, 2.45) is 0 Å². The fraction of sp³-hybridized carbons (Fsp3) is 0.105. The monoisotopic (exact) mass is 259 g/mol. The average Bonchev–Trinajstić information content (AvgIpc) is 2.47. The van der Waals surface area contributed by atoms with Crippen LogP contribution in [0.2, 0.25) is 0 Å². The van der Waals surface area contributed by atoms with Crippen LogP contribution in [-0.4, -0.2) is 4.98 Å². The highest BCUT2D eigenvalue weighted by molar-refractivity contribution is 5.74. The Morgan fingerprint density at radius 1 is 0.650 bits per heavy atom. The Hall–Kier alpha value is -2.41. The summed E-state index contributed by atoms with van der Waals surface area (Å²) in [6, 6.07) is 19.4. The van der Waals surface area contributed by atoms with E-state index in [9.17, 15) is 0 Å². The molecule has 2 aromatic carbocycles. The molecule has 0 unspecified atom stereocenters. The molecule has 0 atom stereocenters. The summed E-state index contributed by atoms with van der Waals surface area (Å²) in [5.41, 5.74) is 7.45. The third-order valence-electron chi connectivity index (χ3n) is 3.42. The van der Waals surface area contributed by atoms with E-state index in [2.05, 4.69) is 67.4 Å². The topological polar surface area (TPSA) is 12.9 Å². The Morgan fingerprint density at radius 3 is 2.05 bits per heavy atom. The number of nitrogens with zero attached hydrogens (tertiary/aromatic N) is 1. The van der Waals surface area contributed by atoms with Gasteiger partial charge in [0.15, 0.2) is 0 Å².